The molecule has 7 nitrogen and oxygen atoms in total. The molecule has 0 saturated carbocycles. The summed E-state index contributed by atoms with van der Waals surface area (Å²) in [5.74, 6) is 0.804. The standard InChI is InChI=1S/C21H26N4O3S/c26-20(17-3-1-7-25(15-17)21(27)18-4-2-12-29-18)23-14-16-5-6-22-19(13-16)24-8-10-28-11-9-24/h2,4-6,12-13,17H,1,3,7-11,14-15H2,(H,23,26). The zero-order valence-corrected chi connectivity index (χ0v) is 17.2. The number of piperidine rings is 1. The topological polar surface area (TPSA) is 74.8 Å². The van der Waals surface area contributed by atoms with Crippen LogP contribution >= 0.6 is 11.3 Å². The summed E-state index contributed by atoms with van der Waals surface area (Å²) in [5.41, 5.74) is 1.03. The van der Waals surface area contributed by atoms with Gasteiger partial charge in [0.05, 0.1) is 24.0 Å². The van der Waals surface area contributed by atoms with Crippen molar-refractivity contribution >= 4 is 29.0 Å². The highest BCUT2D eigenvalue weighted by Crippen LogP contribution is 2.21. The van der Waals surface area contributed by atoms with Crippen LogP contribution in [0.2, 0.25) is 0 Å². The summed E-state index contributed by atoms with van der Waals surface area (Å²) in [5, 5.41) is 4.95. The van der Waals surface area contributed by atoms with Gasteiger partial charge in [-0.15, -0.1) is 11.3 Å². The second-order valence-electron chi connectivity index (χ2n) is 7.41. The Balaban J connectivity index is 1.32. The van der Waals surface area contributed by atoms with Crippen molar-refractivity contribution in [1.29, 1.82) is 0 Å². The third-order valence-corrected chi connectivity index (χ3v) is 6.28. The second-order valence-corrected chi connectivity index (χ2v) is 8.35. The largest absolute Gasteiger partial charge is 0.378 e. The Hall–Kier alpha value is -2.45. The number of carbonyl (C=O) groups excluding carboxylic acids is 2. The highest BCUT2D eigenvalue weighted by Gasteiger charge is 2.29. The quantitative estimate of drug-likeness (QED) is 0.812. The van der Waals surface area contributed by atoms with E-state index in [1.165, 1.54) is 11.3 Å². The van der Waals surface area contributed by atoms with E-state index in [1.807, 2.05) is 34.5 Å². The Morgan fingerprint density at radius 1 is 1.24 bits per heavy atom. The van der Waals surface area contributed by atoms with Gasteiger partial charge in [0.25, 0.3) is 5.91 Å². The summed E-state index contributed by atoms with van der Waals surface area (Å²) in [7, 11) is 0. The zero-order chi connectivity index (χ0) is 20.1. The first-order valence-electron chi connectivity index (χ1n) is 10.1. The molecule has 2 aromatic rings. The molecule has 154 valence electrons. The van der Waals surface area contributed by atoms with Crippen LogP contribution in [-0.4, -0.2) is 61.1 Å². The molecular formula is C21H26N4O3S. The lowest BCUT2D eigenvalue weighted by Crippen LogP contribution is -2.45. The van der Waals surface area contributed by atoms with Gasteiger partial charge in [-0.05, 0) is 42.0 Å². The van der Waals surface area contributed by atoms with Crippen molar-refractivity contribution in [3.05, 3.63) is 46.3 Å². The number of hydrogen-bond acceptors (Lipinski definition) is 6. The number of nitrogens with one attached hydrogen (secondary N) is 1. The molecular weight excluding hydrogens is 388 g/mol. The van der Waals surface area contributed by atoms with Crippen LogP contribution in [0.4, 0.5) is 5.82 Å². The van der Waals surface area contributed by atoms with Gasteiger partial charge in [-0.1, -0.05) is 6.07 Å². The smallest absolute Gasteiger partial charge is 0.263 e. The first kappa shape index (κ1) is 19.8. The third-order valence-electron chi connectivity index (χ3n) is 5.42. The van der Waals surface area contributed by atoms with Gasteiger partial charge in [-0.2, -0.15) is 0 Å². The van der Waals surface area contributed by atoms with E-state index < -0.39 is 0 Å². The number of likely N-dealkylation sites (tertiary alicyclic amines) is 1. The van der Waals surface area contributed by atoms with E-state index in [-0.39, 0.29) is 17.7 Å². The average Bonchev–Trinajstić information content (AvgIpc) is 3.33. The van der Waals surface area contributed by atoms with Crippen molar-refractivity contribution in [2.45, 2.75) is 19.4 Å². The van der Waals surface area contributed by atoms with E-state index in [4.69, 9.17) is 4.74 Å². The van der Waals surface area contributed by atoms with Gasteiger partial charge in [-0.3, -0.25) is 9.59 Å². The number of morpholine rings is 1. The molecule has 0 aromatic carbocycles. The number of anilines is 1. The maximum absolute atomic E-state index is 12.7. The number of amides is 2. The highest BCUT2D eigenvalue weighted by atomic mass is 32.1. The Bertz CT molecular complexity index is 836. The fraction of sp³-hybridized carbons (Fsp3) is 0.476. The first-order valence-corrected chi connectivity index (χ1v) is 11.0. The van der Waals surface area contributed by atoms with Gasteiger partial charge in [0.2, 0.25) is 5.91 Å². The number of thiophene rings is 1. The molecule has 2 aliphatic heterocycles. The molecule has 4 rings (SSSR count). The number of hydrogen-bond donors (Lipinski definition) is 1. The summed E-state index contributed by atoms with van der Waals surface area (Å²) in [4.78, 5) is 34.5. The second kappa shape index (κ2) is 9.37. The highest BCUT2D eigenvalue weighted by molar-refractivity contribution is 7.12. The molecule has 4 heterocycles. The van der Waals surface area contributed by atoms with E-state index in [1.54, 1.807) is 6.20 Å². The summed E-state index contributed by atoms with van der Waals surface area (Å²) in [6.45, 7) is 4.76. The predicted molar refractivity (Wildman–Crippen MR) is 112 cm³/mol. The lowest BCUT2D eigenvalue weighted by atomic mass is 9.97. The predicted octanol–water partition coefficient (Wildman–Crippen LogP) is 2.15. The summed E-state index contributed by atoms with van der Waals surface area (Å²) >= 11 is 1.45. The van der Waals surface area contributed by atoms with Gasteiger partial charge in [0.15, 0.2) is 0 Å². The van der Waals surface area contributed by atoms with Gasteiger partial charge in [0.1, 0.15) is 5.82 Å². The van der Waals surface area contributed by atoms with Gasteiger partial charge >= 0.3 is 0 Å². The van der Waals surface area contributed by atoms with Crippen molar-refractivity contribution in [2.24, 2.45) is 5.92 Å². The summed E-state index contributed by atoms with van der Waals surface area (Å²) < 4.78 is 5.39. The van der Waals surface area contributed by atoms with E-state index in [9.17, 15) is 9.59 Å². The van der Waals surface area contributed by atoms with Gasteiger partial charge < -0.3 is 19.9 Å². The van der Waals surface area contributed by atoms with Crippen molar-refractivity contribution < 1.29 is 14.3 Å². The fourth-order valence-electron chi connectivity index (χ4n) is 3.80. The monoisotopic (exact) mass is 414 g/mol. The Morgan fingerprint density at radius 2 is 2.10 bits per heavy atom. The van der Waals surface area contributed by atoms with Crippen LogP contribution in [0.5, 0.6) is 0 Å². The average molecular weight is 415 g/mol. The van der Waals surface area contributed by atoms with E-state index >= 15 is 0 Å². The van der Waals surface area contributed by atoms with Crippen molar-refractivity contribution in [1.82, 2.24) is 15.2 Å². The zero-order valence-electron chi connectivity index (χ0n) is 16.4. The lowest BCUT2D eigenvalue weighted by molar-refractivity contribution is -0.126. The molecule has 0 spiro atoms. The van der Waals surface area contributed by atoms with Crippen molar-refractivity contribution in [2.75, 3.05) is 44.3 Å². The van der Waals surface area contributed by atoms with E-state index in [0.29, 0.717) is 32.8 Å². The minimum atomic E-state index is -0.159. The number of rotatable bonds is 5. The van der Waals surface area contributed by atoms with Gasteiger partial charge in [-0.25, -0.2) is 4.98 Å². The third kappa shape index (κ3) is 4.94. The van der Waals surface area contributed by atoms with E-state index in [2.05, 4.69) is 15.2 Å². The van der Waals surface area contributed by atoms with Crippen LogP contribution in [0, 0.1) is 5.92 Å². The van der Waals surface area contributed by atoms with Crippen LogP contribution in [0.15, 0.2) is 35.8 Å². The maximum atomic E-state index is 12.7. The molecule has 1 unspecified atom stereocenters. The summed E-state index contributed by atoms with van der Waals surface area (Å²) in [6.07, 6.45) is 3.45. The van der Waals surface area contributed by atoms with E-state index in [0.717, 1.165) is 42.2 Å². The van der Waals surface area contributed by atoms with Crippen LogP contribution in [-0.2, 0) is 16.1 Å². The number of pyridine rings is 1. The Morgan fingerprint density at radius 3 is 2.90 bits per heavy atom. The molecule has 2 amide bonds. The molecule has 2 aromatic heterocycles. The minimum absolute atomic E-state index is 0.0124. The maximum Gasteiger partial charge on any atom is 0.263 e. The molecule has 8 heteroatoms. The number of nitrogens with zero attached hydrogens (tertiary/aromatic N) is 3. The Labute approximate surface area is 174 Å². The summed E-state index contributed by atoms with van der Waals surface area (Å²) in [6, 6.07) is 7.68. The molecule has 29 heavy (non-hydrogen) atoms. The van der Waals surface area contributed by atoms with Crippen LogP contribution in [0.3, 0.4) is 0 Å². The van der Waals surface area contributed by atoms with Crippen LogP contribution in [0.25, 0.3) is 0 Å². The molecule has 0 radical (unpaired) electrons. The molecule has 2 aliphatic rings. The van der Waals surface area contributed by atoms with Crippen LogP contribution < -0.4 is 10.2 Å². The molecule has 0 bridgehead atoms. The normalized spacial score (nSPS) is 19.8. The molecule has 1 N–H and O–H groups in total. The molecule has 1 atom stereocenters. The first-order chi connectivity index (χ1) is 14.2. The molecule has 2 fully saturated rings. The number of carbonyl (C=O) groups is 2. The molecule has 2 saturated heterocycles. The number of ether oxygens (including phenoxy) is 1. The lowest BCUT2D eigenvalue weighted by Gasteiger charge is -2.31. The SMILES string of the molecule is O=C(NCc1ccnc(N2CCOCC2)c1)C1CCCN(C(=O)c2cccs2)C1. The molecule has 0 aliphatic carbocycles. The van der Waals surface area contributed by atoms with Crippen LogP contribution in [0.1, 0.15) is 28.1 Å². The van der Waals surface area contributed by atoms with Crippen molar-refractivity contribution in [3.63, 3.8) is 0 Å². The van der Waals surface area contributed by atoms with Crippen molar-refractivity contribution in [3.8, 4) is 0 Å². The fourth-order valence-corrected chi connectivity index (χ4v) is 4.49. The van der Waals surface area contributed by atoms with Gasteiger partial charge in [0, 0.05) is 38.9 Å². The Kier molecular flexibility index (Phi) is 6.41. The minimum Gasteiger partial charge on any atom is -0.378 e. The number of aromatic nitrogens is 1.